The van der Waals surface area contributed by atoms with Crippen molar-refractivity contribution in [3.8, 4) is 0 Å². The van der Waals surface area contributed by atoms with Crippen LogP contribution in [0.25, 0.3) is 0 Å². The quantitative estimate of drug-likeness (QED) is 0.907. The van der Waals surface area contributed by atoms with Crippen LogP contribution in [-0.4, -0.2) is 18.1 Å². The summed E-state index contributed by atoms with van der Waals surface area (Å²) in [5, 5.41) is 10.9. The molecule has 0 spiro atoms. The molecule has 20 heavy (non-hydrogen) atoms. The zero-order valence-corrected chi connectivity index (χ0v) is 11.6. The summed E-state index contributed by atoms with van der Waals surface area (Å²) < 4.78 is 0. The van der Waals surface area contributed by atoms with E-state index in [-0.39, 0.29) is 5.91 Å². The number of benzene rings is 2. The maximum Gasteiger partial charge on any atom is 0.263 e. The molecule has 1 aliphatic rings. The van der Waals surface area contributed by atoms with E-state index < -0.39 is 5.60 Å². The Morgan fingerprint density at radius 3 is 2.45 bits per heavy atom. The number of hydrogen-bond donors (Lipinski definition) is 1. The number of aryl methyl sites for hydroxylation is 1. The van der Waals surface area contributed by atoms with Crippen LogP contribution < -0.4 is 4.90 Å². The zero-order chi connectivity index (χ0) is 14.3. The molecular formula is C17H17NO2. The highest BCUT2D eigenvalue weighted by Crippen LogP contribution is 2.41. The summed E-state index contributed by atoms with van der Waals surface area (Å²) in [7, 11) is 1.70. The normalized spacial score (nSPS) is 21.1. The molecular weight excluding hydrogens is 250 g/mol. The third kappa shape index (κ3) is 1.82. The number of nitrogens with zero attached hydrogens (tertiary/aromatic N) is 1. The van der Waals surface area contributed by atoms with Crippen molar-refractivity contribution in [2.75, 3.05) is 11.9 Å². The second-order valence-electron chi connectivity index (χ2n) is 5.40. The Kier molecular flexibility index (Phi) is 2.87. The fourth-order valence-electron chi connectivity index (χ4n) is 2.79. The third-order valence-electron chi connectivity index (χ3n) is 3.95. The minimum atomic E-state index is -1.46. The molecule has 0 saturated carbocycles. The number of amides is 1. The van der Waals surface area contributed by atoms with Gasteiger partial charge in [0.1, 0.15) is 0 Å². The Morgan fingerprint density at radius 2 is 1.75 bits per heavy atom. The Morgan fingerprint density at radius 1 is 1.10 bits per heavy atom. The molecule has 2 aromatic rings. The van der Waals surface area contributed by atoms with Gasteiger partial charge in [-0.05, 0) is 18.6 Å². The standard InChI is InChI=1S/C17H17NO2/c1-12-7-9-13(10-8-12)11-17(20)14-5-3-4-6-15(14)18(2)16(17)19/h3-10,20H,11H2,1-2H3. The Bertz CT molecular complexity index is 663. The predicted molar refractivity (Wildman–Crippen MR) is 78.6 cm³/mol. The zero-order valence-electron chi connectivity index (χ0n) is 11.6. The van der Waals surface area contributed by atoms with E-state index in [9.17, 15) is 9.90 Å². The molecule has 1 heterocycles. The van der Waals surface area contributed by atoms with Gasteiger partial charge in [0.25, 0.3) is 5.91 Å². The molecule has 0 aliphatic carbocycles. The molecule has 1 aliphatic heterocycles. The van der Waals surface area contributed by atoms with Crippen LogP contribution in [0.3, 0.4) is 0 Å². The fourth-order valence-corrected chi connectivity index (χ4v) is 2.79. The van der Waals surface area contributed by atoms with Gasteiger partial charge in [0.15, 0.2) is 5.60 Å². The van der Waals surface area contributed by atoms with Gasteiger partial charge in [-0.1, -0.05) is 48.0 Å². The Hall–Kier alpha value is -2.13. The molecule has 1 amide bonds. The van der Waals surface area contributed by atoms with Gasteiger partial charge in [0.2, 0.25) is 0 Å². The highest BCUT2D eigenvalue weighted by Gasteiger charge is 2.48. The highest BCUT2D eigenvalue weighted by molar-refractivity contribution is 6.06. The average Bonchev–Trinajstić information content (AvgIpc) is 2.65. The van der Waals surface area contributed by atoms with Crippen molar-refractivity contribution in [3.05, 3.63) is 65.2 Å². The average molecular weight is 267 g/mol. The van der Waals surface area contributed by atoms with E-state index in [1.54, 1.807) is 7.05 Å². The van der Waals surface area contributed by atoms with E-state index in [0.29, 0.717) is 12.0 Å². The SMILES string of the molecule is Cc1ccc(CC2(O)C(=O)N(C)c3ccccc32)cc1. The maximum atomic E-state index is 12.4. The topological polar surface area (TPSA) is 40.5 Å². The number of fused-ring (bicyclic) bond motifs is 1. The van der Waals surface area contributed by atoms with E-state index in [2.05, 4.69) is 0 Å². The van der Waals surface area contributed by atoms with E-state index >= 15 is 0 Å². The molecule has 1 atom stereocenters. The molecule has 1 unspecified atom stereocenters. The Labute approximate surface area is 118 Å². The first-order valence-electron chi connectivity index (χ1n) is 6.68. The molecule has 0 bridgehead atoms. The molecule has 3 heteroatoms. The van der Waals surface area contributed by atoms with E-state index in [0.717, 1.165) is 16.8 Å². The largest absolute Gasteiger partial charge is 0.375 e. The summed E-state index contributed by atoms with van der Waals surface area (Å²) in [6, 6.07) is 15.3. The molecule has 0 saturated heterocycles. The predicted octanol–water partition coefficient (Wildman–Crippen LogP) is 2.40. The minimum absolute atomic E-state index is 0.265. The van der Waals surface area contributed by atoms with Gasteiger partial charge in [0.05, 0.1) is 5.69 Å². The number of carbonyl (C=O) groups excluding carboxylic acids is 1. The first-order chi connectivity index (χ1) is 9.52. The van der Waals surface area contributed by atoms with Crippen LogP contribution >= 0.6 is 0 Å². The lowest BCUT2D eigenvalue weighted by atomic mass is 9.88. The summed E-state index contributed by atoms with van der Waals surface area (Å²) in [5.74, 6) is -0.265. The molecule has 0 radical (unpaired) electrons. The lowest BCUT2D eigenvalue weighted by Gasteiger charge is -2.22. The monoisotopic (exact) mass is 267 g/mol. The van der Waals surface area contributed by atoms with Crippen LogP contribution in [0.2, 0.25) is 0 Å². The molecule has 3 nitrogen and oxygen atoms in total. The molecule has 3 rings (SSSR count). The fraction of sp³-hybridized carbons (Fsp3) is 0.235. The van der Waals surface area contributed by atoms with Crippen LogP contribution in [0.4, 0.5) is 5.69 Å². The summed E-state index contributed by atoms with van der Waals surface area (Å²) in [6.45, 7) is 2.02. The summed E-state index contributed by atoms with van der Waals surface area (Å²) in [4.78, 5) is 14.0. The number of para-hydroxylation sites is 1. The van der Waals surface area contributed by atoms with Gasteiger partial charge in [-0.25, -0.2) is 0 Å². The second kappa shape index (κ2) is 4.46. The number of anilines is 1. The van der Waals surface area contributed by atoms with Gasteiger partial charge < -0.3 is 10.0 Å². The third-order valence-corrected chi connectivity index (χ3v) is 3.95. The molecule has 0 aromatic heterocycles. The van der Waals surface area contributed by atoms with Gasteiger partial charge in [-0.15, -0.1) is 0 Å². The van der Waals surface area contributed by atoms with Gasteiger partial charge in [0, 0.05) is 19.0 Å². The molecule has 2 aromatic carbocycles. The number of likely N-dealkylation sites (N-methyl/N-ethyl adjacent to an activating group) is 1. The lowest BCUT2D eigenvalue weighted by Crippen LogP contribution is -2.40. The van der Waals surface area contributed by atoms with Crippen LogP contribution in [0.5, 0.6) is 0 Å². The number of carbonyl (C=O) groups is 1. The van der Waals surface area contributed by atoms with E-state index in [4.69, 9.17) is 0 Å². The molecule has 1 N–H and O–H groups in total. The van der Waals surface area contributed by atoms with Crippen molar-refractivity contribution in [1.82, 2.24) is 0 Å². The van der Waals surface area contributed by atoms with Crippen molar-refractivity contribution >= 4 is 11.6 Å². The van der Waals surface area contributed by atoms with Gasteiger partial charge in [-0.3, -0.25) is 4.79 Å². The highest BCUT2D eigenvalue weighted by atomic mass is 16.3. The van der Waals surface area contributed by atoms with Crippen LogP contribution in [0, 0.1) is 6.92 Å². The number of hydrogen-bond acceptors (Lipinski definition) is 2. The van der Waals surface area contributed by atoms with Gasteiger partial charge in [-0.2, -0.15) is 0 Å². The molecule has 102 valence electrons. The smallest absolute Gasteiger partial charge is 0.263 e. The maximum absolute atomic E-state index is 12.4. The number of aliphatic hydroxyl groups is 1. The van der Waals surface area contributed by atoms with Crippen molar-refractivity contribution in [3.63, 3.8) is 0 Å². The number of rotatable bonds is 2. The van der Waals surface area contributed by atoms with Crippen molar-refractivity contribution in [2.24, 2.45) is 0 Å². The van der Waals surface area contributed by atoms with Crippen molar-refractivity contribution in [1.29, 1.82) is 0 Å². The van der Waals surface area contributed by atoms with Crippen LogP contribution in [0.1, 0.15) is 16.7 Å². The first-order valence-corrected chi connectivity index (χ1v) is 6.68. The van der Waals surface area contributed by atoms with Crippen molar-refractivity contribution < 1.29 is 9.90 Å². The van der Waals surface area contributed by atoms with E-state index in [1.807, 2.05) is 55.5 Å². The summed E-state index contributed by atoms with van der Waals surface area (Å²) in [6.07, 6.45) is 0.299. The summed E-state index contributed by atoms with van der Waals surface area (Å²) >= 11 is 0. The van der Waals surface area contributed by atoms with Crippen LogP contribution in [0.15, 0.2) is 48.5 Å². The Balaban J connectivity index is 2.03. The summed E-state index contributed by atoms with van der Waals surface area (Å²) in [5.41, 5.74) is 2.13. The molecule has 0 fully saturated rings. The van der Waals surface area contributed by atoms with Crippen LogP contribution in [-0.2, 0) is 16.8 Å². The minimum Gasteiger partial charge on any atom is -0.375 e. The van der Waals surface area contributed by atoms with Crippen molar-refractivity contribution in [2.45, 2.75) is 18.9 Å². The van der Waals surface area contributed by atoms with Gasteiger partial charge >= 0.3 is 0 Å². The first kappa shape index (κ1) is 12.9. The lowest BCUT2D eigenvalue weighted by molar-refractivity contribution is -0.135. The van der Waals surface area contributed by atoms with E-state index in [1.165, 1.54) is 4.90 Å². The second-order valence-corrected chi connectivity index (χ2v) is 5.40.